The van der Waals surface area contributed by atoms with E-state index in [0.717, 1.165) is 18.4 Å². The normalized spacial score (nSPS) is 9.62. The highest BCUT2D eigenvalue weighted by Gasteiger charge is 2.00. The number of aryl methyl sites for hydroxylation is 1. The van der Waals surface area contributed by atoms with Crippen LogP contribution in [0.1, 0.15) is 17.5 Å². The first-order chi connectivity index (χ1) is 6.27. The lowest BCUT2D eigenvalue weighted by Gasteiger charge is -2.02. The number of nitriles is 1. The van der Waals surface area contributed by atoms with Gasteiger partial charge in [-0.3, -0.25) is 0 Å². The number of rotatable bonds is 3. The van der Waals surface area contributed by atoms with Crippen molar-refractivity contribution in [2.75, 3.05) is 6.54 Å². The first-order valence-electron chi connectivity index (χ1n) is 4.16. The summed E-state index contributed by atoms with van der Waals surface area (Å²) in [5.41, 5.74) is 7.05. The van der Waals surface area contributed by atoms with Crippen molar-refractivity contribution in [2.45, 2.75) is 12.8 Å². The van der Waals surface area contributed by atoms with Gasteiger partial charge in [0.2, 0.25) is 0 Å². The van der Waals surface area contributed by atoms with Crippen LogP contribution in [0, 0.1) is 11.3 Å². The fourth-order valence-corrected chi connectivity index (χ4v) is 1.39. The molecule has 0 unspecified atom stereocenters. The van der Waals surface area contributed by atoms with E-state index >= 15 is 0 Å². The van der Waals surface area contributed by atoms with Crippen molar-refractivity contribution in [1.82, 2.24) is 0 Å². The maximum Gasteiger partial charge on any atom is 0.0992 e. The smallest absolute Gasteiger partial charge is 0.0992 e. The highest BCUT2D eigenvalue weighted by atomic mass is 35.5. The molecule has 1 aromatic carbocycles. The lowest BCUT2D eigenvalue weighted by Crippen LogP contribution is -2.00. The van der Waals surface area contributed by atoms with Crippen LogP contribution in [-0.4, -0.2) is 6.54 Å². The Morgan fingerprint density at radius 1 is 1.46 bits per heavy atom. The summed E-state index contributed by atoms with van der Waals surface area (Å²) in [4.78, 5) is 0. The van der Waals surface area contributed by atoms with Crippen molar-refractivity contribution in [1.29, 1.82) is 5.26 Å². The van der Waals surface area contributed by atoms with Gasteiger partial charge in [0.1, 0.15) is 0 Å². The zero-order valence-corrected chi connectivity index (χ0v) is 8.01. The molecule has 0 saturated carbocycles. The average Bonchev–Trinajstić information content (AvgIpc) is 2.16. The van der Waals surface area contributed by atoms with Gasteiger partial charge in [-0.05, 0) is 37.1 Å². The highest BCUT2D eigenvalue weighted by Crippen LogP contribution is 2.18. The molecule has 0 aromatic heterocycles. The van der Waals surface area contributed by atoms with E-state index in [1.807, 2.05) is 12.1 Å². The Hall–Kier alpha value is -1.04. The van der Waals surface area contributed by atoms with Crippen LogP contribution in [0.4, 0.5) is 0 Å². The molecule has 1 rings (SSSR count). The molecule has 1 aromatic rings. The lowest BCUT2D eigenvalue weighted by atomic mass is 10.1. The fraction of sp³-hybridized carbons (Fsp3) is 0.300. The summed E-state index contributed by atoms with van der Waals surface area (Å²) < 4.78 is 0. The molecule has 13 heavy (non-hydrogen) atoms. The van der Waals surface area contributed by atoms with E-state index in [2.05, 4.69) is 0 Å². The Labute approximate surface area is 82.9 Å². The van der Waals surface area contributed by atoms with Gasteiger partial charge in [0.25, 0.3) is 0 Å². The Morgan fingerprint density at radius 2 is 2.23 bits per heavy atom. The molecule has 0 bridgehead atoms. The molecule has 2 nitrogen and oxygen atoms in total. The van der Waals surface area contributed by atoms with Crippen molar-refractivity contribution in [2.24, 2.45) is 5.73 Å². The van der Waals surface area contributed by atoms with Gasteiger partial charge in [0.05, 0.1) is 11.6 Å². The first kappa shape index (κ1) is 10.0. The van der Waals surface area contributed by atoms with Gasteiger partial charge < -0.3 is 5.73 Å². The summed E-state index contributed by atoms with van der Waals surface area (Å²) >= 11 is 5.95. The molecular formula is C10H11ClN2. The van der Waals surface area contributed by atoms with Gasteiger partial charge >= 0.3 is 0 Å². The van der Waals surface area contributed by atoms with Crippen molar-refractivity contribution in [3.63, 3.8) is 0 Å². The van der Waals surface area contributed by atoms with Crippen LogP contribution < -0.4 is 5.73 Å². The van der Waals surface area contributed by atoms with Crippen LogP contribution in [0.2, 0.25) is 5.02 Å². The second-order valence-corrected chi connectivity index (χ2v) is 3.22. The van der Waals surface area contributed by atoms with Gasteiger partial charge in [-0.25, -0.2) is 0 Å². The molecule has 0 aliphatic rings. The number of nitrogens with zero attached hydrogens (tertiary/aromatic N) is 1. The van der Waals surface area contributed by atoms with Crippen LogP contribution >= 0.6 is 11.6 Å². The molecule has 0 saturated heterocycles. The Bertz CT molecular complexity index is 328. The summed E-state index contributed by atoms with van der Waals surface area (Å²) in [5.74, 6) is 0. The van der Waals surface area contributed by atoms with E-state index in [9.17, 15) is 0 Å². The number of halogens is 1. The van der Waals surface area contributed by atoms with E-state index < -0.39 is 0 Å². The number of hydrogen-bond acceptors (Lipinski definition) is 2. The quantitative estimate of drug-likeness (QED) is 0.801. The molecule has 0 aliphatic heterocycles. The average molecular weight is 195 g/mol. The number of benzene rings is 1. The van der Waals surface area contributed by atoms with E-state index in [-0.39, 0.29) is 0 Å². The molecular weight excluding hydrogens is 184 g/mol. The minimum atomic E-state index is 0.599. The molecule has 0 radical (unpaired) electrons. The van der Waals surface area contributed by atoms with E-state index in [0.29, 0.717) is 17.1 Å². The van der Waals surface area contributed by atoms with Gasteiger partial charge in [0.15, 0.2) is 0 Å². The van der Waals surface area contributed by atoms with Gasteiger partial charge in [-0.15, -0.1) is 0 Å². The van der Waals surface area contributed by atoms with Gasteiger partial charge in [-0.2, -0.15) is 5.26 Å². The Morgan fingerprint density at radius 3 is 2.77 bits per heavy atom. The molecule has 0 amide bonds. The van der Waals surface area contributed by atoms with Gasteiger partial charge in [-0.1, -0.05) is 17.7 Å². The second-order valence-electron chi connectivity index (χ2n) is 2.81. The zero-order valence-electron chi connectivity index (χ0n) is 7.26. The molecule has 0 spiro atoms. The van der Waals surface area contributed by atoms with E-state index in [1.165, 1.54) is 0 Å². The third-order valence-electron chi connectivity index (χ3n) is 1.83. The van der Waals surface area contributed by atoms with Crippen molar-refractivity contribution < 1.29 is 0 Å². The largest absolute Gasteiger partial charge is 0.330 e. The second kappa shape index (κ2) is 4.86. The van der Waals surface area contributed by atoms with E-state index in [1.54, 1.807) is 12.1 Å². The van der Waals surface area contributed by atoms with Crippen LogP contribution in [0.15, 0.2) is 18.2 Å². The lowest BCUT2D eigenvalue weighted by molar-refractivity contribution is 0.833. The van der Waals surface area contributed by atoms with Crippen LogP contribution in [0.3, 0.4) is 0 Å². The van der Waals surface area contributed by atoms with Crippen molar-refractivity contribution >= 4 is 11.6 Å². The summed E-state index contributed by atoms with van der Waals surface area (Å²) in [6.07, 6.45) is 1.80. The summed E-state index contributed by atoms with van der Waals surface area (Å²) in [6.45, 7) is 0.663. The summed E-state index contributed by atoms with van der Waals surface area (Å²) in [6, 6.07) is 7.39. The number of hydrogen-bond donors (Lipinski definition) is 1. The molecule has 3 heteroatoms. The predicted octanol–water partition coefficient (Wildman–Crippen LogP) is 2.10. The number of nitrogens with two attached hydrogens (primary N) is 1. The van der Waals surface area contributed by atoms with Crippen LogP contribution in [0.5, 0.6) is 0 Å². The van der Waals surface area contributed by atoms with Crippen LogP contribution in [0.25, 0.3) is 0 Å². The predicted molar refractivity (Wildman–Crippen MR) is 53.5 cm³/mol. The fourth-order valence-electron chi connectivity index (χ4n) is 1.11. The molecule has 0 aliphatic carbocycles. The van der Waals surface area contributed by atoms with Crippen molar-refractivity contribution in [3.05, 3.63) is 34.3 Å². The maximum absolute atomic E-state index is 8.60. The minimum Gasteiger partial charge on any atom is -0.330 e. The van der Waals surface area contributed by atoms with Gasteiger partial charge in [0, 0.05) is 5.02 Å². The maximum atomic E-state index is 8.60. The highest BCUT2D eigenvalue weighted by molar-refractivity contribution is 6.31. The van der Waals surface area contributed by atoms with E-state index in [4.69, 9.17) is 22.6 Å². The molecule has 0 fully saturated rings. The molecule has 0 atom stereocenters. The molecule has 0 heterocycles. The minimum absolute atomic E-state index is 0.599. The third kappa shape index (κ3) is 2.73. The first-order valence-corrected chi connectivity index (χ1v) is 4.54. The summed E-state index contributed by atoms with van der Waals surface area (Å²) in [5, 5.41) is 9.26. The van der Waals surface area contributed by atoms with Crippen LogP contribution in [-0.2, 0) is 6.42 Å². The molecule has 68 valence electrons. The Balaban J connectivity index is 2.81. The zero-order chi connectivity index (χ0) is 9.68. The monoisotopic (exact) mass is 194 g/mol. The standard InChI is InChI=1S/C10H11ClN2/c11-10-6-8(7-13)3-4-9(10)2-1-5-12/h3-4,6H,1-2,5,12H2. The third-order valence-corrected chi connectivity index (χ3v) is 2.18. The Kier molecular flexibility index (Phi) is 3.75. The summed E-state index contributed by atoms with van der Waals surface area (Å²) in [7, 11) is 0. The van der Waals surface area contributed by atoms with Crippen molar-refractivity contribution in [3.8, 4) is 6.07 Å². The SMILES string of the molecule is N#Cc1ccc(CCCN)c(Cl)c1. The molecule has 2 N–H and O–H groups in total. The topological polar surface area (TPSA) is 49.8 Å².